The number of rotatable bonds is 70. The van der Waals surface area contributed by atoms with Crippen molar-refractivity contribution in [3.8, 4) is 0 Å². The Bertz CT molecular complexity index is 1950. The summed E-state index contributed by atoms with van der Waals surface area (Å²) in [7, 11) is 0. The molecule has 3 aliphatic rings. The highest BCUT2D eigenvalue weighted by atomic mass is 16.8. The minimum atomic E-state index is -1.97. The summed E-state index contributed by atoms with van der Waals surface area (Å²) in [5.41, 5.74) is 0. The normalized spacial score (nSPS) is 26.1. The maximum Gasteiger partial charge on any atom is 0.220 e. The Balaban J connectivity index is 1.29. The summed E-state index contributed by atoms with van der Waals surface area (Å²) in [4.78, 5) is 13.5. The second-order valence-electron chi connectivity index (χ2n) is 31.0. The zero-order valence-electron chi connectivity index (χ0n) is 65.3. The lowest BCUT2D eigenvalue weighted by molar-refractivity contribution is -0.379. The Labute approximate surface area is 626 Å². The molecule has 3 fully saturated rings. The van der Waals surface area contributed by atoms with Crippen molar-refractivity contribution in [2.24, 2.45) is 0 Å². The van der Waals surface area contributed by atoms with Crippen LogP contribution < -0.4 is 5.32 Å². The van der Waals surface area contributed by atoms with E-state index in [1.807, 2.05) is 0 Å². The highest BCUT2D eigenvalue weighted by molar-refractivity contribution is 5.76. The van der Waals surface area contributed by atoms with E-state index in [1.165, 1.54) is 289 Å². The molecule has 3 aliphatic heterocycles. The molecule has 0 saturated carbocycles. The van der Waals surface area contributed by atoms with E-state index in [1.54, 1.807) is 0 Å². The van der Waals surface area contributed by atoms with E-state index in [0.717, 1.165) is 51.4 Å². The molecular formula is C84H159NO18. The molecule has 3 rings (SSSR count). The van der Waals surface area contributed by atoms with Crippen LogP contribution in [0.1, 0.15) is 373 Å². The molecule has 19 heteroatoms. The van der Waals surface area contributed by atoms with Crippen molar-refractivity contribution in [1.29, 1.82) is 0 Å². The van der Waals surface area contributed by atoms with E-state index in [4.69, 9.17) is 28.4 Å². The lowest BCUT2D eigenvalue weighted by Crippen LogP contribution is -2.66. The molecule has 17 unspecified atom stereocenters. The Morgan fingerprint density at radius 1 is 0.350 bits per heavy atom. The van der Waals surface area contributed by atoms with Gasteiger partial charge in [-0.05, 0) is 44.9 Å². The Kier molecular flexibility index (Phi) is 60.3. The maximum absolute atomic E-state index is 13.5. The predicted molar refractivity (Wildman–Crippen MR) is 411 cm³/mol. The highest BCUT2D eigenvalue weighted by Crippen LogP contribution is 2.34. The molecule has 0 aromatic heterocycles. The van der Waals surface area contributed by atoms with E-state index in [2.05, 4.69) is 43.5 Å². The van der Waals surface area contributed by atoms with Crippen molar-refractivity contribution in [3.63, 3.8) is 0 Å². The number of hydrogen-bond donors (Lipinski definition) is 12. The molecule has 103 heavy (non-hydrogen) atoms. The minimum Gasteiger partial charge on any atom is -0.394 e. The number of ether oxygens (including phenoxy) is 6. The summed E-state index contributed by atoms with van der Waals surface area (Å²) in [5.74, 6) is -0.234. The second kappa shape index (κ2) is 65.0. The van der Waals surface area contributed by atoms with Gasteiger partial charge in [-0.2, -0.15) is 0 Å². The molecule has 0 radical (unpaired) electrons. The first-order chi connectivity index (χ1) is 50.3. The number of carbonyl (C=O) groups is 1. The molecule has 608 valence electrons. The summed E-state index contributed by atoms with van der Waals surface area (Å²) in [6, 6.07) is -0.885. The van der Waals surface area contributed by atoms with Crippen LogP contribution in [0.25, 0.3) is 0 Å². The molecular weight excluding hydrogens is 1310 g/mol. The fourth-order valence-electron chi connectivity index (χ4n) is 14.9. The third kappa shape index (κ3) is 44.6. The van der Waals surface area contributed by atoms with Crippen molar-refractivity contribution in [2.75, 3.05) is 26.4 Å². The summed E-state index contributed by atoms with van der Waals surface area (Å²) < 4.78 is 34.5. The molecule has 17 atom stereocenters. The molecule has 1 amide bonds. The van der Waals surface area contributed by atoms with E-state index >= 15 is 0 Å². The summed E-state index contributed by atoms with van der Waals surface area (Å²) in [6.45, 7) is 1.85. The quantitative estimate of drug-likeness (QED) is 0.0199. The molecule has 3 heterocycles. The van der Waals surface area contributed by atoms with Gasteiger partial charge in [0.2, 0.25) is 5.91 Å². The number of unbranched alkanes of at least 4 members (excludes halogenated alkanes) is 50. The third-order valence-corrected chi connectivity index (χ3v) is 21.8. The number of carbonyl (C=O) groups excluding carboxylic acids is 1. The largest absolute Gasteiger partial charge is 0.394 e. The first-order valence-electron chi connectivity index (χ1n) is 43.1. The molecule has 3 saturated heterocycles. The molecule has 0 aromatic carbocycles. The summed E-state index contributed by atoms with van der Waals surface area (Å²) in [5, 5.41) is 121. The first kappa shape index (κ1) is 95.5. The van der Waals surface area contributed by atoms with Gasteiger partial charge in [0.15, 0.2) is 18.9 Å². The number of hydrogen-bond acceptors (Lipinski definition) is 18. The SMILES string of the molecule is CCCCCCC/C=C\C/C=C\CCCCCCCCCCCCCCCCCCCCCCCCCCCCCC(=O)NC(COC1OC(CO)C(OC2OC(CO)C(OC3OC(CO)C(O)C(O)C3O)C(O)C2O)C(O)C1O)C(O)CCCCCCCCCCCCCCCCCCCCC. The van der Waals surface area contributed by atoms with Crippen LogP contribution in [-0.2, 0) is 33.2 Å². The molecule has 19 nitrogen and oxygen atoms in total. The molecule has 12 N–H and O–H groups in total. The van der Waals surface area contributed by atoms with Gasteiger partial charge < -0.3 is 89.9 Å². The Morgan fingerprint density at radius 3 is 0.990 bits per heavy atom. The van der Waals surface area contributed by atoms with Gasteiger partial charge in [0.1, 0.15) is 73.2 Å². The maximum atomic E-state index is 13.5. The lowest BCUT2D eigenvalue weighted by atomic mass is 9.96. The van der Waals surface area contributed by atoms with Gasteiger partial charge in [0.25, 0.3) is 0 Å². The van der Waals surface area contributed by atoms with Gasteiger partial charge in [-0.3, -0.25) is 4.79 Å². The van der Waals surface area contributed by atoms with E-state index < -0.39 is 124 Å². The lowest BCUT2D eigenvalue weighted by Gasteiger charge is -2.48. The van der Waals surface area contributed by atoms with Crippen LogP contribution in [0.3, 0.4) is 0 Å². The highest BCUT2D eigenvalue weighted by Gasteiger charge is 2.54. The topological polar surface area (TPSA) is 307 Å². The smallest absolute Gasteiger partial charge is 0.220 e. The average molecular weight is 1470 g/mol. The molecule has 0 aliphatic carbocycles. The Morgan fingerprint density at radius 2 is 0.641 bits per heavy atom. The number of nitrogens with one attached hydrogen (secondary N) is 1. The van der Waals surface area contributed by atoms with Gasteiger partial charge in [0.05, 0.1) is 38.6 Å². The van der Waals surface area contributed by atoms with Gasteiger partial charge in [-0.1, -0.05) is 346 Å². The van der Waals surface area contributed by atoms with E-state index in [9.17, 15) is 61.0 Å². The Hall–Kier alpha value is -1.73. The van der Waals surface area contributed by atoms with Gasteiger partial charge in [0, 0.05) is 6.42 Å². The van der Waals surface area contributed by atoms with Gasteiger partial charge in [-0.25, -0.2) is 0 Å². The van der Waals surface area contributed by atoms with E-state index in [-0.39, 0.29) is 18.9 Å². The van der Waals surface area contributed by atoms with Gasteiger partial charge >= 0.3 is 0 Å². The van der Waals surface area contributed by atoms with Crippen LogP contribution in [0.5, 0.6) is 0 Å². The minimum absolute atomic E-state index is 0.234. The van der Waals surface area contributed by atoms with Crippen LogP contribution in [0, 0.1) is 0 Å². The van der Waals surface area contributed by atoms with E-state index in [0.29, 0.717) is 12.8 Å². The van der Waals surface area contributed by atoms with Crippen molar-refractivity contribution in [1.82, 2.24) is 5.32 Å². The summed E-state index contributed by atoms with van der Waals surface area (Å²) >= 11 is 0. The number of amides is 1. The first-order valence-corrected chi connectivity index (χ1v) is 43.1. The third-order valence-electron chi connectivity index (χ3n) is 21.8. The van der Waals surface area contributed by atoms with Crippen LogP contribution in [-0.4, -0.2) is 193 Å². The van der Waals surface area contributed by atoms with Crippen molar-refractivity contribution >= 4 is 5.91 Å². The standard InChI is InChI=1S/C84H159NO18/c1-3-5-7-9-11-13-15-17-19-21-23-24-25-26-27-28-29-30-31-32-33-34-35-36-37-38-39-40-41-42-44-46-48-50-52-54-56-58-60-62-72(90)85-67(68(89)61-59-57-55-53-51-49-47-45-43-22-20-18-16-14-12-10-8-6-4-2)66-98-82-78(96)75(93)80(70(64-87)100-82)103-84-79(97)76(94)81(71(65-88)101-84)102-83-77(95)74(92)73(91)69(63-86)99-83/h15,17,21,23,67-71,73-84,86-89,91-97H,3-14,16,18-20,22,24-66H2,1-2H3,(H,85,90)/b17-15-,23-21-. The molecule has 0 spiro atoms. The van der Waals surface area contributed by atoms with Crippen molar-refractivity contribution in [3.05, 3.63) is 24.3 Å². The zero-order chi connectivity index (χ0) is 74.6. The second-order valence-corrected chi connectivity index (χ2v) is 31.0. The van der Waals surface area contributed by atoms with Crippen molar-refractivity contribution < 1.29 is 89.4 Å². The number of aliphatic hydroxyl groups excluding tert-OH is 11. The average Bonchev–Trinajstić information content (AvgIpc) is 0.781. The van der Waals surface area contributed by atoms with Crippen LogP contribution in [0.4, 0.5) is 0 Å². The predicted octanol–water partition coefficient (Wildman–Crippen LogP) is 15.3. The number of allylic oxidation sites excluding steroid dienone is 4. The molecule has 0 aromatic rings. The van der Waals surface area contributed by atoms with Crippen LogP contribution in [0.15, 0.2) is 24.3 Å². The van der Waals surface area contributed by atoms with Crippen LogP contribution in [0.2, 0.25) is 0 Å². The molecule has 0 bridgehead atoms. The fraction of sp³-hybridized carbons (Fsp3) is 0.940. The van der Waals surface area contributed by atoms with Gasteiger partial charge in [-0.15, -0.1) is 0 Å². The zero-order valence-corrected chi connectivity index (χ0v) is 65.3. The van der Waals surface area contributed by atoms with Crippen molar-refractivity contribution in [2.45, 2.75) is 478 Å². The number of aliphatic hydroxyl groups is 11. The summed E-state index contributed by atoms with van der Waals surface area (Å²) in [6.07, 6.45) is 52.9. The fourth-order valence-corrected chi connectivity index (χ4v) is 14.9. The van der Waals surface area contributed by atoms with Crippen LogP contribution >= 0.6 is 0 Å². The monoisotopic (exact) mass is 1470 g/mol.